The zero-order valence-electron chi connectivity index (χ0n) is 10.8. The lowest BCUT2D eigenvalue weighted by Gasteiger charge is -2.47. The Hall–Kier alpha value is -0.710. The number of hydrogen-bond acceptors (Lipinski definition) is 2. The first-order valence-electron chi connectivity index (χ1n) is 6.84. The van der Waals surface area contributed by atoms with Gasteiger partial charge in [-0.1, -0.05) is 6.92 Å². The second-order valence-corrected chi connectivity index (χ2v) is 6.55. The summed E-state index contributed by atoms with van der Waals surface area (Å²) in [6, 6.07) is 1.14. The SMILES string of the molecule is CC1C2CCC(CC2)C1Nc1nc(Br)c(F)cc1F. The standard InChI is InChI=1S/C14H17BrF2N2/c1-7-8-2-4-9(5-3-8)12(7)18-14-11(17)6-10(16)13(15)19-14/h6-9,12H,2-5H2,1H3,(H,18,19). The van der Waals surface area contributed by atoms with Crippen LogP contribution in [0.1, 0.15) is 32.6 Å². The van der Waals surface area contributed by atoms with Crippen molar-refractivity contribution in [2.75, 3.05) is 5.32 Å². The van der Waals surface area contributed by atoms with Crippen LogP contribution < -0.4 is 5.32 Å². The number of anilines is 1. The minimum atomic E-state index is -0.665. The van der Waals surface area contributed by atoms with Crippen LogP contribution in [0.5, 0.6) is 0 Å². The van der Waals surface area contributed by atoms with Gasteiger partial charge in [0.15, 0.2) is 17.5 Å². The van der Waals surface area contributed by atoms with E-state index >= 15 is 0 Å². The number of aromatic nitrogens is 1. The molecular weight excluding hydrogens is 314 g/mol. The third kappa shape index (κ3) is 2.37. The Bertz CT molecular complexity index is 485. The van der Waals surface area contributed by atoms with Gasteiger partial charge in [-0.2, -0.15) is 0 Å². The van der Waals surface area contributed by atoms with Crippen LogP contribution in [0.4, 0.5) is 14.6 Å². The minimum absolute atomic E-state index is 0.0602. The molecule has 0 aliphatic heterocycles. The molecule has 0 spiro atoms. The van der Waals surface area contributed by atoms with Crippen LogP contribution in [-0.4, -0.2) is 11.0 Å². The second kappa shape index (κ2) is 5.00. The van der Waals surface area contributed by atoms with Crippen LogP contribution in [0.2, 0.25) is 0 Å². The van der Waals surface area contributed by atoms with E-state index in [-0.39, 0.29) is 16.5 Å². The van der Waals surface area contributed by atoms with Gasteiger partial charge in [0.05, 0.1) is 0 Å². The molecule has 3 saturated carbocycles. The van der Waals surface area contributed by atoms with Crippen molar-refractivity contribution >= 4 is 21.7 Å². The summed E-state index contributed by atoms with van der Waals surface area (Å²) in [5, 5.41) is 3.22. The van der Waals surface area contributed by atoms with E-state index in [9.17, 15) is 8.78 Å². The molecule has 1 heterocycles. The van der Waals surface area contributed by atoms with E-state index in [1.807, 2.05) is 0 Å². The lowest BCUT2D eigenvalue weighted by Crippen LogP contribution is -2.47. The normalized spacial score (nSPS) is 33.5. The summed E-state index contributed by atoms with van der Waals surface area (Å²) in [6.07, 6.45) is 4.98. The molecule has 1 N–H and O–H groups in total. The summed E-state index contributed by atoms with van der Waals surface area (Å²) >= 11 is 3.01. The molecule has 104 valence electrons. The van der Waals surface area contributed by atoms with E-state index in [0.717, 1.165) is 12.0 Å². The van der Waals surface area contributed by atoms with Crippen LogP contribution in [0.3, 0.4) is 0 Å². The van der Waals surface area contributed by atoms with Gasteiger partial charge in [0.1, 0.15) is 4.60 Å². The van der Waals surface area contributed by atoms with E-state index in [1.54, 1.807) is 0 Å². The number of nitrogens with one attached hydrogen (secondary N) is 1. The molecule has 0 saturated heterocycles. The number of halogens is 3. The van der Waals surface area contributed by atoms with Crippen molar-refractivity contribution < 1.29 is 8.78 Å². The minimum Gasteiger partial charge on any atom is -0.364 e. The van der Waals surface area contributed by atoms with E-state index in [2.05, 4.69) is 33.2 Å². The Kier molecular flexibility index (Phi) is 3.50. The van der Waals surface area contributed by atoms with E-state index < -0.39 is 11.6 Å². The Labute approximate surface area is 120 Å². The van der Waals surface area contributed by atoms with Crippen LogP contribution in [-0.2, 0) is 0 Å². The molecule has 5 heteroatoms. The third-order valence-corrected chi connectivity index (χ3v) is 5.38. The maximum absolute atomic E-state index is 13.8. The summed E-state index contributed by atoms with van der Waals surface area (Å²) in [5.41, 5.74) is 0. The fourth-order valence-electron chi connectivity index (χ4n) is 3.70. The van der Waals surface area contributed by atoms with Crippen molar-refractivity contribution in [2.45, 2.75) is 38.6 Å². The number of pyridine rings is 1. The largest absolute Gasteiger partial charge is 0.364 e. The first-order valence-corrected chi connectivity index (χ1v) is 7.63. The van der Waals surface area contributed by atoms with Crippen molar-refractivity contribution in [3.05, 3.63) is 22.3 Å². The zero-order chi connectivity index (χ0) is 13.6. The molecule has 0 radical (unpaired) electrons. The quantitative estimate of drug-likeness (QED) is 0.815. The summed E-state index contributed by atoms with van der Waals surface area (Å²) in [5.74, 6) is 0.727. The van der Waals surface area contributed by atoms with Gasteiger partial charge in [-0.05, 0) is 59.4 Å². The number of hydrogen-bond donors (Lipinski definition) is 1. The molecular formula is C14H17BrF2N2. The van der Waals surface area contributed by atoms with Gasteiger partial charge in [-0.25, -0.2) is 13.8 Å². The van der Waals surface area contributed by atoms with Crippen molar-refractivity contribution in [3.63, 3.8) is 0 Å². The Morgan fingerprint density at radius 1 is 1.16 bits per heavy atom. The molecule has 1 aromatic heterocycles. The summed E-state index contributed by atoms with van der Waals surface area (Å²) in [7, 11) is 0. The molecule has 2 atom stereocenters. The number of nitrogens with zero attached hydrogens (tertiary/aromatic N) is 1. The lowest BCUT2D eigenvalue weighted by atomic mass is 9.62. The predicted octanol–water partition coefficient (Wildman–Crippen LogP) is 4.36. The van der Waals surface area contributed by atoms with Gasteiger partial charge >= 0.3 is 0 Å². The van der Waals surface area contributed by atoms with Crippen molar-refractivity contribution in [2.24, 2.45) is 17.8 Å². The molecule has 3 aliphatic carbocycles. The highest BCUT2D eigenvalue weighted by molar-refractivity contribution is 9.10. The monoisotopic (exact) mass is 330 g/mol. The van der Waals surface area contributed by atoms with Gasteiger partial charge in [-0.15, -0.1) is 0 Å². The highest BCUT2D eigenvalue weighted by atomic mass is 79.9. The first-order chi connectivity index (χ1) is 9.06. The van der Waals surface area contributed by atoms with Crippen molar-refractivity contribution in [1.29, 1.82) is 0 Å². The molecule has 1 aromatic rings. The van der Waals surface area contributed by atoms with Crippen LogP contribution in [0.25, 0.3) is 0 Å². The van der Waals surface area contributed by atoms with Crippen LogP contribution in [0.15, 0.2) is 10.7 Å². The highest BCUT2D eigenvalue weighted by Gasteiger charge is 2.41. The van der Waals surface area contributed by atoms with E-state index in [1.165, 1.54) is 25.7 Å². The molecule has 0 amide bonds. The maximum atomic E-state index is 13.8. The molecule has 2 nitrogen and oxygen atoms in total. The number of fused-ring (bicyclic) bond motifs is 3. The molecule has 3 fully saturated rings. The lowest BCUT2D eigenvalue weighted by molar-refractivity contribution is 0.0926. The predicted molar refractivity (Wildman–Crippen MR) is 73.9 cm³/mol. The smallest absolute Gasteiger partial charge is 0.168 e. The van der Waals surface area contributed by atoms with Gasteiger partial charge < -0.3 is 5.32 Å². The summed E-state index contributed by atoms with van der Waals surface area (Å²) in [6.45, 7) is 2.23. The molecule has 2 unspecified atom stereocenters. The topological polar surface area (TPSA) is 24.9 Å². The Morgan fingerprint density at radius 2 is 1.79 bits per heavy atom. The zero-order valence-corrected chi connectivity index (χ0v) is 12.4. The van der Waals surface area contributed by atoms with Gasteiger partial charge in [0, 0.05) is 12.1 Å². The molecule has 2 bridgehead atoms. The van der Waals surface area contributed by atoms with Gasteiger partial charge in [0.2, 0.25) is 0 Å². The second-order valence-electron chi connectivity index (χ2n) is 5.80. The molecule has 3 aliphatic rings. The molecule has 19 heavy (non-hydrogen) atoms. The fourth-order valence-corrected chi connectivity index (χ4v) is 4.00. The fraction of sp³-hybridized carbons (Fsp3) is 0.643. The Morgan fingerprint density at radius 3 is 2.42 bits per heavy atom. The highest BCUT2D eigenvalue weighted by Crippen LogP contribution is 2.46. The summed E-state index contributed by atoms with van der Waals surface area (Å²) in [4.78, 5) is 3.94. The average molecular weight is 331 g/mol. The van der Waals surface area contributed by atoms with Crippen molar-refractivity contribution in [3.8, 4) is 0 Å². The average Bonchev–Trinajstić information content (AvgIpc) is 2.40. The Balaban J connectivity index is 1.83. The van der Waals surface area contributed by atoms with E-state index in [4.69, 9.17) is 0 Å². The van der Waals surface area contributed by atoms with Crippen molar-refractivity contribution in [1.82, 2.24) is 4.98 Å². The summed E-state index contributed by atoms with van der Waals surface area (Å²) < 4.78 is 27.0. The first kappa shape index (κ1) is 13.3. The number of rotatable bonds is 2. The van der Waals surface area contributed by atoms with Gasteiger partial charge in [0.25, 0.3) is 0 Å². The van der Waals surface area contributed by atoms with Gasteiger partial charge in [-0.3, -0.25) is 0 Å². The third-order valence-electron chi connectivity index (χ3n) is 4.82. The van der Waals surface area contributed by atoms with E-state index in [0.29, 0.717) is 11.8 Å². The van der Waals surface area contributed by atoms with Crippen LogP contribution in [0, 0.1) is 29.4 Å². The van der Waals surface area contributed by atoms with Crippen LogP contribution >= 0.6 is 15.9 Å². The maximum Gasteiger partial charge on any atom is 0.168 e. The molecule has 4 rings (SSSR count). The molecule has 0 aromatic carbocycles.